The second-order valence-corrected chi connectivity index (χ2v) is 29.4. The monoisotopic (exact) mass is 1510 g/mol. The zero-order valence-corrected chi connectivity index (χ0v) is 63.6. The van der Waals surface area contributed by atoms with Gasteiger partial charge in [0.05, 0.1) is 33.0 Å². The first kappa shape index (κ1) is 94.7. The third-order valence-electron chi connectivity index (χ3n) is 18.8. The summed E-state index contributed by atoms with van der Waals surface area (Å²) >= 11 is 0. The van der Waals surface area contributed by atoms with E-state index in [4.69, 9.17) is 46.9 Å². The van der Waals surface area contributed by atoms with Crippen LogP contribution < -0.4 is 10.6 Å². The number of hydrogen-bond acceptors (Lipinski definition) is 25. The van der Waals surface area contributed by atoms with Gasteiger partial charge in [0, 0.05) is 52.2 Å². The molecule has 3 fully saturated rings. The Bertz CT molecular complexity index is 2360. The Balaban J connectivity index is 1.36. The number of nitrogens with one attached hydrogen (secondary N) is 2. The molecule has 0 spiro atoms. The highest BCUT2D eigenvalue weighted by atomic mass is 31.2. The molecule has 8 unspecified atom stereocenters. The molecule has 28 nitrogen and oxygen atoms in total. The number of phosphoric ester groups is 1. The zero-order valence-electron chi connectivity index (χ0n) is 62.7. The van der Waals surface area contributed by atoms with Crippen molar-refractivity contribution < 1.29 is 126 Å². The Kier molecular flexibility index (Phi) is 53.3. The van der Waals surface area contributed by atoms with Crippen LogP contribution in [0.4, 0.5) is 0 Å². The molecule has 0 aromatic carbocycles. The molecule has 0 bridgehead atoms. The van der Waals surface area contributed by atoms with E-state index in [-0.39, 0.29) is 63.6 Å². The number of phosphoric acid groups is 1. The van der Waals surface area contributed by atoms with Gasteiger partial charge in [0.15, 0.2) is 25.0 Å². The Morgan fingerprint density at radius 1 is 0.452 bits per heavy atom. The van der Waals surface area contributed by atoms with Gasteiger partial charge >= 0.3 is 19.8 Å². The fourth-order valence-electron chi connectivity index (χ4n) is 12.6. The highest BCUT2D eigenvalue weighted by Crippen LogP contribution is 2.43. The molecule has 3 aliphatic rings. The minimum atomic E-state index is -4.73. The number of carbonyl (C=O) groups excluding carboxylic acids is 5. The molecule has 3 rings (SSSR count). The van der Waals surface area contributed by atoms with Crippen LogP contribution in [0.3, 0.4) is 0 Å². The standard InChI is InChI=1S/C75H135N2O26P/c1-4-6-8-10-12-14-16-18-20-22-24-26-28-30-32-34-36-45-62(84)95-53-57(98-63(85)46-37-35-33-31-29-27-25-23-21-19-17-15-13-11-9-7-5-2)54-97-104(92,93)96-49-47-76-61(83)44-39-38-42-56(82)43-40-41-48-94-73-64(77-55(3)81)67(88)71(60(52-80)101-73)102-75-70(91)72(66(87)59(51-79)100-75)103-74-69(90)68(89)65(86)58(50-78)99-74/h18-21,57-60,64-75,78-80,86-91H,4-17,22-54H2,1-3H3,(H,76,83)(H,77,81)(H,92,93)/b20-18-,21-19-/t57?,58?,59?,60?,64?,65-,66-,67+,68-,69?,70?,71+,72-,73+,74+,75-/m0/s1. The summed E-state index contributed by atoms with van der Waals surface area (Å²) in [7, 11) is -4.73. The Labute approximate surface area is 618 Å². The number of ether oxygens (including phenoxy) is 8. The lowest BCUT2D eigenvalue weighted by molar-refractivity contribution is -0.376. The van der Waals surface area contributed by atoms with Gasteiger partial charge in [-0.05, 0) is 89.9 Å². The summed E-state index contributed by atoms with van der Waals surface area (Å²) in [4.78, 5) is 74.1. The average molecular weight is 1510 g/mol. The van der Waals surface area contributed by atoms with E-state index < -0.39 is 157 Å². The lowest BCUT2D eigenvalue weighted by Crippen LogP contribution is -2.68. The largest absolute Gasteiger partial charge is 0.472 e. The molecule has 606 valence electrons. The van der Waals surface area contributed by atoms with Crippen molar-refractivity contribution in [1.82, 2.24) is 10.6 Å². The smallest absolute Gasteiger partial charge is 0.462 e. The molecule has 12 N–H and O–H groups in total. The fraction of sp³-hybridized carbons (Fsp3) is 0.880. The van der Waals surface area contributed by atoms with E-state index in [1.807, 2.05) is 0 Å². The van der Waals surface area contributed by atoms with Crippen LogP contribution in [-0.2, 0) is 75.5 Å². The highest BCUT2D eigenvalue weighted by molar-refractivity contribution is 7.47. The van der Waals surface area contributed by atoms with Crippen molar-refractivity contribution in [3.63, 3.8) is 0 Å². The number of esters is 2. The normalized spacial score (nSPS) is 26.0. The molecule has 3 saturated heterocycles. The predicted molar refractivity (Wildman–Crippen MR) is 387 cm³/mol. The minimum absolute atomic E-state index is 0.0338. The molecule has 3 heterocycles. The van der Waals surface area contributed by atoms with E-state index in [1.54, 1.807) is 0 Å². The van der Waals surface area contributed by atoms with Gasteiger partial charge in [-0.3, -0.25) is 33.0 Å². The summed E-state index contributed by atoms with van der Waals surface area (Å²) < 4.78 is 68.7. The van der Waals surface area contributed by atoms with Crippen molar-refractivity contribution in [2.45, 2.75) is 369 Å². The number of aliphatic hydroxyl groups excluding tert-OH is 9. The van der Waals surface area contributed by atoms with Gasteiger partial charge in [0.2, 0.25) is 11.8 Å². The van der Waals surface area contributed by atoms with Crippen molar-refractivity contribution in [1.29, 1.82) is 0 Å². The highest BCUT2D eigenvalue weighted by Gasteiger charge is 2.54. The van der Waals surface area contributed by atoms with Crippen LogP contribution in [-0.4, -0.2) is 231 Å². The van der Waals surface area contributed by atoms with E-state index in [0.29, 0.717) is 38.5 Å². The Hall–Kier alpha value is -3.46. The summed E-state index contributed by atoms with van der Waals surface area (Å²) in [5.74, 6) is -2.11. The summed E-state index contributed by atoms with van der Waals surface area (Å²) in [6.07, 6.45) is 20.7. The SMILES string of the molecule is CCCCCCCC/C=C\CCCCCCCCCC(=O)OCC(COP(=O)(O)OCCNC(=O)CCCCC(=O)CCCCO[C@@H]1OC(CO)[C@@H](O[C@@H]2OC(CO)[C@H](O)[C@H](O[C@H]3OC(CO)[C@H](O)[C@H](O)C3O)C2O)[C@H](O)C1NC(C)=O)OC(=O)CCCCCCCCC/C=C\CCCCCCCC. The molecule has 0 saturated carbocycles. The topological polar surface area (TPSA) is 421 Å². The maximum absolute atomic E-state index is 13.0. The number of hydrogen-bond donors (Lipinski definition) is 12. The van der Waals surface area contributed by atoms with Gasteiger partial charge < -0.3 is 99.4 Å². The van der Waals surface area contributed by atoms with Gasteiger partial charge in [0.25, 0.3) is 0 Å². The number of amides is 2. The van der Waals surface area contributed by atoms with E-state index in [1.165, 1.54) is 89.9 Å². The molecule has 17 atom stereocenters. The van der Waals surface area contributed by atoms with Gasteiger partial charge in [-0.25, -0.2) is 4.57 Å². The van der Waals surface area contributed by atoms with Crippen molar-refractivity contribution >= 4 is 37.4 Å². The van der Waals surface area contributed by atoms with Crippen LogP contribution in [0.15, 0.2) is 24.3 Å². The number of aliphatic hydroxyl groups is 9. The van der Waals surface area contributed by atoms with Crippen LogP contribution in [0.25, 0.3) is 0 Å². The van der Waals surface area contributed by atoms with E-state index in [2.05, 4.69) is 48.8 Å². The quantitative estimate of drug-likeness (QED) is 0.0118. The van der Waals surface area contributed by atoms with Crippen molar-refractivity contribution in [2.75, 3.05) is 52.8 Å². The number of ketones is 1. The summed E-state index contributed by atoms with van der Waals surface area (Å²) in [6.45, 7) is 1.63. The lowest BCUT2D eigenvalue weighted by atomic mass is 9.95. The third kappa shape index (κ3) is 41.4. The fourth-order valence-corrected chi connectivity index (χ4v) is 13.4. The molecule has 3 aliphatic heterocycles. The van der Waals surface area contributed by atoms with Gasteiger partial charge in [0.1, 0.15) is 85.6 Å². The van der Waals surface area contributed by atoms with Gasteiger partial charge in [-0.15, -0.1) is 0 Å². The molecular weight excluding hydrogens is 1380 g/mol. The summed E-state index contributed by atoms with van der Waals surface area (Å²) in [5.41, 5.74) is 0. The molecular formula is C75H135N2O26P. The molecule has 0 radical (unpaired) electrons. The zero-order chi connectivity index (χ0) is 76.2. The first-order valence-electron chi connectivity index (χ1n) is 39.3. The van der Waals surface area contributed by atoms with E-state index in [9.17, 15) is 79.4 Å². The maximum Gasteiger partial charge on any atom is 0.472 e. The number of unbranched alkanes of at least 4 members (excludes halogenated alkanes) is 28. The Morgan fingerprint density at radius 3 is 1.41 bits per heavy atom. The Morgan fingerprint density at radius 2 is 0.894 bits per heavy atom. The number of rotatable bonds is 63. The second kappa shape index (κ2) is 58.5. The molecule has 0 aromatic rings. The van der Waals surface area contributed by atoms with Crippen molar-refractivity contribution in [2.24, 2.45) is 0 Å². The molecule has 29 heteroatoms. The first-order chi connectivity index (χ1) is 50.2. The van der Waals surface area contributed by atoms with Crippen LogP contribution in [0.1, 0.15) is 271 Å². The number of allylic oxidation sites excluding steroid dienone is 4. The maximum atomic E-state index is 13.0. The predicted octanol–water partition coefficient (Wildman–Crippen LogP) is 8.24. The number of carbonyl (C=O) groups is 5. The molecule has 0 aromatic heterocycles. The first-order valence-corrected chi connectivity index (χ1v) is 40.8. The average Bonchev–Trinajstić information content (AvgIpc) is 0.779. The van der Waals surface area contributed by atoms with E-state index in [0.717, 1.165) is 96.8 Å². The lowest BCUT2D eigenvalue weighted by Gasteiger charge is -2.48. The van der Waals surface area contributed by atoms with Crippen molar-refractivity contribution in [3.8, 4) is 0 Å². The van der Waals surface area contributed by atoms with Crippen LogP contribution in [0, 0.1) is 0 Å². The summed E-state index contributed by atoms with van der Waals surface area (Å²) in [6, 6.07) is -1.34. The van der Waals surface area contributed by atoms with Crippen LogP contribution >= 0.6 is 7.82 Å². The van der Waals surface area contributed by atoms with Gasteiger partial charge in [-0.2, -0.15) is 0 Å². The van der Waals surface area contributed by atoms with Gasteiger partial charge in [-0.1, -0.05) is 167 Å². The third-order valence-corrected chi connectivity index (χ3v) is 19.8. The van der Waals surface area contributed by atoms with E-state index >= 15 is 0 Å². The van der Waals surface area contributed by atoms with Crippen LogP contribution in [0.5, 0.6) is 0 Å². The molecule has 104 heavy (non-hydrogen) atoms. The molecule has 2 amide bonds. The number of Topliss-reactive ketones (excluding diaryl/α,β-unsaturated/α-hetero) is 1. The van der Waals surface area contributed by atoms with Crippen molar-refractivity contribution in [3.05, 3.63) is 24.3 Å². The molecule has 0 aliphatic carbocycles. The second-order valence-electron chi connectivity index (χ2n) is 27.9. The minimum Gasteiger partial charge on any atom is -0.462 e. The summed E-state index contributed by atoms with van der Waals surface area (Å²) in [5, 5.41) is 100. The van der Waals surface area contributed by atoms with Crippen LogP contribution in [0.2, 0.25) is 0 Å².